The molecule has 4 nitrogen and oxygen atoms in total. The normalized spacial score (nSPS) is 18.5. The van der Waals surface area contributed by atoms with Gasteiger partial charge in [0.15, 0.2) is 0 Å². The third kappa shape index (κ3) is 4.90. The molecule has 0 bridgehead atoms. The second-order valence-corrected chi connectivity index (χ2v) is 7.38. The number of piperidine rings is 1. The molecule has 2 aromatic rings. The Labute approximate surface area is 147 Å². The molecule has 0 saturated carbocycles. The fourth-order valence-electron chi connectivity index (χ4n) is 3.22. The summed E-state index contributed by atoms with van der Waals surface area (Å²) in [6, 6.07) is 13.2. The van der Waals surface area contributed by atoms with Gasteiger partial charge in [-0.1, -0.05) is 30.3 Å². The van der Waals surface area contributed by atoms with Crippen LogP contribution in [0.5, 0.6) is 0 Å². The smallest absolute Gasteiger partial charge is 0.221 e. The molecule has 1 aromatic carbocycles. The zero-order valence-electron chi connectivity index (χ0n) is 14.1. The Morgan fingerprint density at radius 3 is 2.92 bits per heavy atom. The van der Waals surface area contributed by atoms with E-state index in [0.717, 1.165) is 25.3 Å². The Kier molecular flexibility index (Phi) is 6.01. The molecule has 0 aliphatic carbocycles. The van der Waals surface area contributed by atoms with Gasteiger partial charge in [-0.2, -0.15) is 0 Å². The summed E-state index contributed by atoms with van der Waals surface area (Å²) in [7, 11) is 0. The van der Waals surface area contributed by atoms with Crippen molar-refractivity contribution in [2.75, 3.05) is 18.4 Å². The van der Waals surface area contributed by atoms with Crippen LogP contribution in [0.1, 0.15) is 30.2 Å². The number of benzene rings is 1. The van der Waals surface area contributed by atoms with Crippen LogP contribution in [0.3, 0.4) is 0 Å². The number of carbonyl (C=O) groups excluding carboxylic acids is 1. The number of thiophene rings is 1. The molecule has 2 N–H and O–H groups in total. The summed E-state index contributed by atoms with van der Waals surface area (Å²) >= 11 is 1.69. The van der Waals surface area contributed by atoms with E-state index in [1.165, 1.54) is 29.8 Å². The van der Waals surface area contributed by atoms with E-state index < -0.39 is 0 Å². The summed E-state index contributed by atoms with van der Waals surface area (Å²) < 4.78 is 0. The van der Waals surface area contributed by atoms with E-state index in [1.54, 1.807) is 18.3 Å². The van der Waals surface area contributed by atoms with Crippen LogP contribution in [0.15, 0.2) is 41.8 Å². The van der Waals surface area contributed by atoms with Crippen LogP contribution in [0.4, 0.5) is 5.69 Å². The van der Waals surface area contributed by atoms with Crippen LogP contribution in [0.25, 0.3) is 0 Å². The van der Waals surface area contributed by atoms with Gasteiger partial charge < -0.3 is 10.6 Å². The quantitative estimate of drug-likeness (QED) is 0.844. The van der Waals surface area contributed by atoms with Crippen molar-refractivity contribution in [1.29, 1.82) is 0 Å². The van der Waals surface area contributed by atoms with Crippen LogP contribution in [-0.4, -0.2) is 29.9 Å². The molecule has 0 radical (unpaired) electrons. The lowest BCUT2D eigenvalue weighted by molar-refractivity contribution is -0.114. The molecule has 1 fully saturated rings. The first-order valence-electron chi connectivity index (χ1n) is 8.54. The zero-order valence-corrected chi connectivity index (χ0v) is 14.9. The predicted molar refractivity (Wildman–Crippen MR) is 100 cm³/mol. The van der Waals surface area contributed by atoms with Crippen molar-refractivity contribution in [1.82, 2.24) is 10.2 Å². The molecule has 1 aromatic heterocycles. The van der Waals surface area contributed by atoms with Crippen molar-refractivity contribution in [2.24, 2.45) is 0 Å². The number of amides is 1. The summed E-state index contributed by atoms with van der Waals surface area (Å²) in [5, 5.41) is 8.61. The van der Waals surface area contributed by atoms with Gasteiger partial charge >= 0.3 is 0 Å². The van der Waals surface area contributed by atoms with Gasteiger partial charge in [-0.05, 0) is 36.4 Å². The van der Waals surface area contributed by atoms with E-state index in [1.807, 2.05) is 11.4 Å². The Morgan fingerprint density at radius 1 is 1.29 bits per heavy atom. The Balaban J connectivity index is 1.51. The van der Waals surface area contributed by atoms with Crippen molar-refractivity contribution in [3.05, 3.63) is 52.2 Å². The third-order valence-corrected chi connectivity index (χ3v) is 5.28. The Morgan fingerprint density at radius 2 is 2.12 bits per heavy atom. The summed E-state index contributed by atoms with van der Waals surface area (Å²) in [5.41, 5.74) is 2.32. The highest BCUT2D eigenvalue weighted by atomic mass is 32.1. The summed E-state index contributed by atoms with van der Waals surface area (Å²) in [6.07, 6.45) is 2.44. The average Bonchev–Trinajstić information content (AvgIpc) is 3.01. The molecule has 1 amide bonds. The van der Waals surface area contributed by atoms with Gasteiger partial charge in [0.2, 0.25) is 5.91 Å². The summed E-state index contributed by atoms with van der Waals surface area (Å²) in [6.45, 7) is 5.64. The number of anilines is 1. The molecule has 1 aliphatic heterocycles. The van der Waals surface area contributed by atoms with Gasteiger partial charge in [0.25, 0.3) is 0 Å². The van der Waals surface area contributed by atoms with Crippen molar-refractivity contribution in [2.45, 2.75) is 38.9 Å². The maximum absolute atomic E-state index is 11.3. The molecule has 5 heteroatoms. The number of likely N-dealkylation sites (tertiary alicyclic amines) is 1. The highest BCUT2D eigenvalue weighted by molar-refractivity contribution is 7.10. The van der Waals surface area contributed by atoms with E-state index in [9.17, 15) is 4.79 Å². The number of hydrogen-bond donors (Lipinski definition) is 2. The van der Waals surface area contributed by atoms with Gasteiger partial charge in [-0.3, -0.25) is 9.69 Å². The van der Waals surface area contributed by atoms with Gasteiger partial charge in [0.1, 0.15) is 0 Å². The lowest BCUT2D eigenvalue weighted by Crippen LogP contribution is -2.44. The van der Waals surface area contributed by atoms with Crippen LogP contribution in [0.2, 0.25) is 0 Å². The first-order chi connectivity index (χ1) is 11.7. The first kappa shape index (κ1) is 17.1. The first-order valence-corrected chi connectivity index (χ1v) is 9.42. The standard InChI is InChI=1S/C19H25N3OS/c1-15(23)21-18-9-11-24-19(18)12-20-17-8-5-10-22(14-17)13-16-6-3-2-4-7-16/h2-4,6-7,9,11,17,20H,5,8,10,12-14H2,1H3,(H,21,23). The molecule has 24 heavy (non-hydrogen) atoms. The van der Waals surface area contributed by atoms with Gasteiger partial charge in [0, 0.05) is 37.5 Å². The number of hydrogen-bond acceptors (Lipinski definition) is 4. The minimum Gasteiger partial charge on any atom is -0.325 e. The highest BCUT2D eigenvalue weighted by Crippen LogP contribution is 2.23. The fraction of sp³-hybridized carbons (Fsp3) is 0.421. The topological polar surface area (TPSA) is 44.4 Å². The highest BCUT2D eigenvalue weighted by Gasteiger charge is 2.20. The predicted octanol–water partition coefficient (Wildman–Crippen LogP) is 3.46. The van der Waals surface area contributed by atoms with Gasteiger partial charge in [0.05, 0.1) is 5.69 Å². The summed E-state index contributed by atoms with van der Waals surface area (Å²) in [5.74, 6) is -0.0126. The second kappa shape index (κ2) is 8.42. The molecule has 128 valence electrons. The molecule has 0 spiro atoms. The molecular weight excluding hydrogens is 318 g/mol. The fourth-order valence-corrected chi connectivity index (χ4v) is 4.00. The monoisotopic (exact) mass is 343 g/mol. The number of rotatable bonds is 6. The molecule has 1 aliphatic rings. The van der Waals surface area contributed by atoms with Crippen LogP contribution in [-0.2, 0) is 17.9 Å². The number of nitrogens with zero attached hydrogens (tertiary/aromatic N) is 1. The van der Waals surface area contributed by atoms with Gasteiger partial charge in [-0.15, -0.1) is 11.3 Å². The van der Waals surface area contributed by atoms with E-state index in [-0.39, 0.29) is 5.91 Å². The molecule has 3 rings (SSSR count). The van der Waals surface area contributed by atoms with E-state index in [2.05, 4.69) is 45.9 Å². The van der Waals surface area contributed by atoms with Crippen molar-refractivity contribution in [3.8, 4) is 0 Å². The van der Waals surface area contributed by atoms with E-state index in [4.69, 9.17) is 0 Å². The lowest BCUT2D eigenvalue weighted by Gasteiger charge is -2.33. The number of carbonyl (C=O) groups is 1. The van der Waals surface area contributed by atoms with Gasteiger partial charge in [-0.25, -0.2) is 0 Å². The molecule has 1 unspecified atom stereocenters. The summed E-state index contributed by atoms with van der Waals surface area (Å²) in [4.78, 5) is 15.0. The van der Waals surface area contributed by atoms with Crippen molar-refractivity contribution < 1.29 is 4.79 Å². The number of nitrogens with one attached hydrogen (secondary N) is 2. The maximum atomic E-state index is 11.3. The SMILES string of the molecule is CC(=O)Nc1ccsc1CNC1CCCN(Cc2ccccc2)C1. The average molecular weight is 343 g/mol. The lowest BCUT2D eigenvalue weighted by atomic mass is 10.0. The Hall–Kier alpha value is -1.69. The van der Waals surface area contributed by atoms with Crippen molar-refractivity contribution in [3.63, 3.8) is 0 Å². The minimum atomic E-state index is -0.0126. The maximum Gasteiger partial charge on any atom is 0.221 e. The van der Waals surface area contributed by atoms with E-state index in [0.29, 0.717) is 6.04 Å². The molecule has 1 atom stereocenters. The molecule has 1 saturated heterocycles. The van der Waals surface area contributed by atoms with Crippen LogP contribution >= 0.6 is 11.3 Å². The zero-order chi connectivity index (χ0) is 16.8. The molecular formula is C19H25N3OS. The third-order valence-electron chi connectivity index (χ3n) is 4.36. The second-order valence-electron chi connectivity index (χ2n) is 6.38. The van der Waals surface area contributed by atoms with E-state index >= 15 is 0 Å². The van der Waals surface area contributed by atoms with Crippen LogP contribution < -0.4 is 10.6 Å². The van der Waals surface area contributed by atoms with Crippen LogP contribution in [0, 0.1) is 0 Å². The Bertz CT molecular complexity index is 656. The largest absolute Gasteiger partial charge is 0.325 e. The van der Waals surface area contributed by atoms with Crippen molar-refractivity contribution >= 4 is 22.9 Å². The minimum absolute atomic E-state index is 0.0126. The molecule has 2 heterocycles.